The van der Waals surface area contributed by atoms with Crippen LogP contribution in [0.5, 0.6) is 0 Å². The van der Waals surface area contributed by atoms with E-state index in [0.29, 0.717) is 0 Å². The van der Waals surface area contributed by atoms with Gasteiger partial charge in [-0.25, -0.2) is 0 Å². The van der Waals surface area contributed by atoms with Crippen LogP contribution in [0.4, 0.5) is 0 Å². The van der Waals surface area contributed by atoms with E-state index in [9.17, 15) is 4.79 Å². The van der Waals surface area contributed by atoms with Gasteiger partial charge in [0.05, 0.1) is 5.56 Å². The average Bonchev–Trinajstić information content (AvgIpc) is 2.34. The van der Waals surface area contributed by atoms with Crippen molar-refractivity contribution in [2.24, 2.45) is 0 Å². The van der Waals surface area contributed by atoms with Gasteiger partial charge >= 0.3 is 0 Å². The number of rotatable bonds is 0. The Morgan fingerprint density at radius 2 is 2.36 bits per heavy atom. The first-order valence-electron chi connectivity index (χ1n) is 3.74. The molecule has 0 saturated heterocycles. The summed E-state index contributed by atoms with van der Waals surface area (Å²) in [7, 11) is 0. The topological polar surface area (TPSA) is 44.9 Å². The zero-order chi connectivity index (χ0) is 7.84. The number of nitrogens with one attached hydrogen (secondary N) is 2. The van der Waals surface area contributed by atoms with E-state index >= 15 is 0 Å². The molecule has 3 heteroatoms. The summed E-state index contributed by atoms with van der Waals surface area (Å²) >= 11 is 0. The quantitative estimate of drug-likeness (QED) is 0.559. The first-order valence-corrected chi connectivity index (χ1v) is 3.74. The third kappa shape index (κ3) is 0.843. The van der Waals surface area contributed by atoms with Gasteiger partial charge < -0.3 is 10.3 Å². The minimum Gasteiger partial charge on any atom is -0.364 e. The highest BCUT2D eigenvalue weighted by Crippen LogP contribution is 2.16. The Hall–Kier alpha value is -1.25. The van der Waals surface area contributed by atoms with Crippen molar-refractivity contribution in [2.75, 3.05) is 6.54 Å². The van der Waals surface area contributed by atoms with E-state index in [4.69, 9.17) is 0 Å². The lowest BCUT2D eigenvalue weighted by Gasteiger charge is -2.12. The first-order chi connectivity index (χ1) is 5.29. The van der Waals surface area contributed by atoms with Crippen LogP contribution in [-0.2, 0) is 6.42 Å². The van der Waals surface area contributed by atoms with Gasteiger partial charge in [0.25, 0.3) is 5.91 Å². The summed E-state index contributed by atoms with van der Waals surface area (Å²) in [6.45, 7) is 2.69. The van der Waals surface area contributed by atoms with Crippen LogP contribution in [0.15, 0.2) is 6.20 Å². The van der Waals surface area contributed by atoms with Crippen LogP contribution in [-0.4, -0.2) is 17.4 Å². The molecule has 0 radical (unpaired) electrons. The number of aryl methyl sites for hydroxylation is 1. The summed E-state index contributed by atoms with van der Waals surface area (Å²) in [5, 5.41) is 2.81. The Bertz CT molecular complexity index is 301. The Morgan fingerprint density at radius 1 is 1.55 bits per heavy atom. The standard InChI is InChI=1S/C8H10N2O/c1-5-7-6(4-10-5)2-3-9-8(7)11/h4,10H,2-3H2,1H3,(H,9,11). The molecule has 2 heterocycles. The van der Waals surface area contributed by atoms with Gasteiger partial charge in [-0.05, 0) is 18.9 Å². The number of aromatic amines is 1. The first kappa shape index (κ1) is 6.46. The number of aromatic nitrogens is 1. The molecule has 0 spiro atoms. The summed E-state index contributed by atoms with van der Waals surface area (Å²) in [5.41, 5.74) is 2.96. The Labute approximate surface area is 64.8 Å². The van der Waals surface area contributed by atoms with E-state index in [1.54, 1.807) is 0 Å². The molecular formula is C8H10N2O. The minimum absolute atomic E-state index is 0.0602. The van der Waals surface area contributed by atoms with Gasteiger partial charge in [-0.15, -0.1) is 0 Å². The molecule has 1 aliphatic rings. The second-order valence-corrected chi connectivity index (χ2v) is 2.82. The Kier molecular flexibility index (Phi) is 1.24. The number of amides is 1. The molecule has 2 N–H and O–H groups in total. The van der Waals surface area contributed by atoms with Crippen molar-refractivity contribution in [1.82, 2.24) is 10.3 Å². The van der Waals surface area contributed by atoms with Crippen molar-refractivity contribution in [2.45, 2.75) is 13.3 Å². The van der Waals surface area contributed by atoms with E-state index in [1.165, 1.54) is 0 Å². The van der Waals surface area contributed by atoms with Crippen molar-refractivity contribution in [3.8, 4) is 0 Å². The number of hydrogen-bond acceptors (Lipinski definition) is 1. The molecule has 0 atom stereocenters. The Balaban J connectivity index is 2.56. The van der Waals surface area contributed by atoms with Crippen LogP contribution in [0.25, 0.3) is 0 Å². The maximum absolute atomic E-state index is 11.2. The van der Waals surface area contributed by atoms with Crippen molar-refractivity contribution in [1.29, 1.82) is 0 Å². The summed E-state index contributed by atoms with van der Waals surface area (Å²) in [5.74, 6) is 0.0602. The normalized spacial score (nSPS) is 15.9. The lowest BCUT2D eigenvalue weighted by Crippen LogP contribution is -2.31. The highest BCUT2D eigenvalue weighted by atomic mass is 16.1. The SMILES string of the molecule is Cc1[nH]cc2c1C(=O)NCC2. The predicted molar refractivity (Wildman–Crippen MR) is 41.6 cm³/mol. The van der Waals surface area contributed by atoms with Crippen molar-refractivity contribution in [3.05, 3.63) is 23.0 Å². The van der Waals surface area contributed by atoms with Crippen LogP contribution in [0, 0.1) is 6.92 Å². The second-order valence-electron chi connectivity index (χ2n) is 2.82. The molecule has 1 aliphatic heterocycles. The van der Waals surface area contributed by atoms with Crippen LogP contribution in [0.3, 0.4) is 0 Å². The number of hydrogen-bond donors (Lipinski definition) is 2. The van der Waals surface area contributed by atoms with E-state index in [-0.39, 0.29) is 5.91 Å². The number of carbonyl (C=O) groups is 1. The van der Waals surface area contributed by atoms with Crippen molar-refractivity contribution >= 4 is 5.91 Å². The molecule has 0 aromatic carbocycles. The fraction of sp³-hybridized carbons (Fsp3) is 0.375. The molecule has 2 rings (SSSR count). The van der Waals surface area contributed by atoms with Crippen LogP contribution in [0.2, 0.25) is 0 Å². The predicted octanol–water partition coefficient (Wildman–Crippen LogP) is 0.609. The maximum Gasteiger partial charge on any atom is 0.253 e. The van der Waals surface area contributed by atoms with Gasteiger partial charge in [-0.3, -0.25) is 4.79 Å². The zero-order valence-corrected chi connectivity index (χ0v) is 6.40. The molecular weight excluding hydrogens is 140 g/mol. The zero-order valence-electron chi connectivity index (χ0n) is 6.40. The average molecular weight is 150 g/mol. The van der Waals surface area contributed by atoms with Gasteiger partial charge in [0.1, 0.15) is 0 Å². The third-order valence-electron chi connectivity index (χ3n) is 2.07. The highest BCUT2D eigenvalue weighted by molar-refractivity contribution is 5.97. The molecule has 1 aromatic heterocycles. The number of fused-ring (bicyclic) bond motifs is 1. The molecule has 1 aromatic rings. The monoisotopic (exact) mass is 150 g/mol. The molecule has 58 valence electrons. The lowest BCUT2D eigenvalue weighted by molar-refractivity contribution is 0.0946. The summed E-state index contributed by atoms with van der Waals surface area (Å²) < 4.78 is 0. The molecule has 0 unspecified atom stereocenters. The van der Waals surface area contributed by atoms with Gasteiger partial charge in [0.2, 0.25) is 0 Å². The molecule has 1 amide bonds. The smallest absolute Gasteiger partial charge is 0.253 e. The van der Waals surface area contributed by atoms with Gasteiger partial charge in [0.15, 0.2) is 0 Å². The fourth-order valence-electron chi connectivity index (χ4n) is 1.49. The molecule has 0 saturated carbocycles. The molecule has 3 nitrogen and oxygen atoms in total. The van der Waals surface area contributed by atoms with Gasteiger partial charge in [-0.1, -0.05) is 0 Å². The summed E-state index contributed by atoms with van der Waals surface area (Å²) in [6, 6.07) is 0. The fourth-order valence-corrected chi connectivity index (χ4v) is 1.49. The van der Waals surface area contributed by atoms with E-state index in [1.807, 2.05) is 13.1 Å². The maximum atomic E-state index is 11.2. The number of carbonyl (C=O) groups excluding carboxylic acids is 1. The molecule has 0 bridgehead atoms. The van der Waals surface area contributed by atoms with Crippen molar-refractivity contribution in [3.63, 3.8) is 0 Å². The second kappa shape index (κ2) is 2.12. The van der Waals surface area contributed by atoms with Crippen LogP contribution < -0.4 is 5.32 Å². The van der Waals surface area contributed by atoms with Gasteiger partial charge in [-0.2, -0.15) is 0 Å². The lowest BCUT2D eigenvalue weighted by atomic mass is 10.0. The largest absolute Gasteiger partial charge is 0.364 e. The van der Waals surface area contributed by atoms with Crippen LogP contribution in [0.1, 0.15) is 21.6 Å². The van der Waals surface area contributed by atoms with E-state index in [0.717, 1.165) is 29.8 Å². The number of H-pyrrole nitrogens is 1. The minimum atomic E-state index is 0.0602. The summed E-state index contributed by atoms with van der Waals surface area (Å²) in [4.78, 5) is 14.3. The van der Waals surface area contributed by atoms with Gasteiger partial charge in [0, 0.05) is 18.4 Å². The van der Waals surface area contributed by atoms with E-state index < -0.39 is 0 Å². The molecule has 0 aliphatic carbocycles. The van der Waals surface area contributed by atoms with Crippen molar-refractivity contribution < 1.29 is 4.79 Å². The van der Waals surface area contributed by atoms with Crippen LogP contribution >= 0.6 is 0 Å². The third-order valence-corrected chi connectivity index (χ3v) is 2.07. The highest BCUT2D eigenvalue weighted by Gasteiger charge is 2.19. The molecule has 11 heavy (non-hydrogen) atoms. The van der Waals surface area contributed by atoms with E-state index in [2.05, 4.69) is 10.3 Å². The summed E-state index contributed by atoms with van der Waals surface area (Å²) in [6.07, 6.45) is 2.87. The Morgan fingerprint density at radius 3 is 3.09 bits per heavy atom. The molecule has 0 fully saturated rings.